The molecule has 1 aromatic carbocycles. The van der Waals surface area contributed by atoms with E-state index >= 15 is 0 Å². The lowest BCUT2D eigenvalue weighted by Gasteiger charge is -2.19. The Labute approximate surface area is 155 Å². The Kier molecular flexibility index (Phi) is 3.42. The number of carbonyl (C=O) groups is 1. The second-order valence-corrected chi connectivity index (χ2v) is 6.94. The summed E-state index contributed by atoms with van der Waals surface area (Å²) in [4.78, 5) is 12.6. The normalized spacial score (nSPS) is 20.4. The Hall–Kier alpha value is -2.74. The number of benzene rings is 1. The fourth-order valence-corrected chi connectivity index (χ4v) is 4.25. The molecular weight excluding hydrogens is 383 g/mol. The third-order valence-corrected chi connectivity index (χ3v) is 5.30. The van der Waals surface area contributed by atoms with E-state index in [9.17, 15) is 18.0 Å². The number of hydrogen-bond acceptors (Lipinski definition) is 3. The number of aromatic nitrogens is 2. The molecule has 0 radical (unpaired) electrons. The molecule has 0 saturated carbocycles. The van der Waals surface area contributed by atoms with Crippen molar-refractivity contribution in [3.05, 3.63) is 63.7 Å². The summed E-state index contributed by atoms with van der Waals surface area (Å²) in [5.41, 5.74) is 2.26. The van der Waals surface area contributed by atoms with Crippen LogP contribution in [0.25, 0.3) is 5.52 Å². The number of halogens is 4. The summed E-state index contributed by atoms with van der Waals surface area (Å²) in [6.45, 7) is -3.22. The Bertz CT molecular complexity index is 1110. The van der Waals surface area contributed by atoms with Gasteiger partial charge in [-0.25, -0.2) is 8.91 Å². The van der Waals surface area contributed by atoms with Crippen molar-refractivity contribution in [3.63, 3.8) is 0 Å². The summed E-state index contributed by atoms with van der Waals surface area (Å²) < 4.78 is 46.3. The third-order valence-electron chi connectivity index (χ3n) is 5.07. The first-order valence-electron chi connectivity index (χ1n) is 8.20. The highest BCUT2D eigenvalue weighted by Crippen LogP contribution is 2.51. The van der Waals surface area contributed by atoms with Crippen LogP contribution < -0.4 is 10.1 Å². The highest BCUT2D eigenvalue weighted by atomic mass is 35.5. The van der Waals surface area contributed by atoms with Crippen LogP contribution in [-0.4, -0.2) is 22.1 Å². The van der Waals surface area contributed by atoms with E-state index in [4.69, 9.17) is 11.6 Å². The van der Waals surface area contributed by atoms with Crippen molar-refractivity contribution in [1.29, 1.82) is 0 Å². The summed E-state index contributed by atoms with van der Waals surface area (Å²) in [6.07, 6.45) is 2.05. The molecule has 9 heteroatoms. The quantitative estimate of drug-likeness (QED) is 0.714. The van der Waals surface area contributed by atoms with Crippen LogP contribution in [0.4, 0.5) is 13.2 Å². The number of amides is 1. The second kappa shape index (κ2) is 5.63. The smallest absolute Gasteiger partial charge is 0.387 e. The van der Waals surface area contributed by atoms with E-state index in [1.807, 2.05) is 0 Å². The average molecular weight is 394 g/mol. The summed E-state index contributed by atoms with van der Waals surface area (Å²) >= 11 is 6.11. The first-order chi connectivity index (χ1) is 12.9. The average Bonchev–Trinajstić information content (AvgIpc) is 3.09. The van der Waals surface area contributed by atoms with Crippen molar-refractivity contribution in [2.24, 2.45) is 0 Å². The molecule has 138 valence electrons. The monoisotopic (exact) mass is 393 g/mol. The van der Waals surface area contributed by atoms with E-state index in [1.165, 1.54) is 6.07 Å². The van der Waals surface area contributed by atoms with Crippen LogP contribution >= 0.6 is 11.6 Å². The topological polar surface area (TPSA) is 55.6 Å². The molecule has 3 heterocycles. The van der Waals surface area contributed by atoms with Gasteiger partial charge in [0.05, 0.1) is 17.3 Å². The standard InChI is InChI=1S/C18H11ClF3N3O2/c19-7-3-4-25-12(5-7)14-9-6-11(15(14)24-25)23-17(26)8-1-2-10(20)16(13(8)9)27-18(21)22/h1-5,9,11,18H,6H2,(H,23,26)/t9-,11+/m1/s1. The number of pyridine rings is 1. The first-order valence-corrected chi connectivity index (χ1v) is 8.57. The van der Waals surface area contributed by atoms with Crippen LogP contribution in [0.2, 0.25) is 5.02 Å². The number of fused-ring (bicyclic) bond motifs is 9. The van der Waals surface area contributed by atoms with Crippen molar-refractivity contribution < 1.29 is 22.7 Å². The number of ether oxygens (including phenoxy) is 1. The first kappa shape index (κ1) is 16.4. The van der Waals surface area contributed by atoms with Gasteiger partial charge in [0, 0.05) is 33.8 Å². The fraction of sp³-hybridized carbons (Fsp3) is 0.222. The van der Waals surface area contributed by atoms with Crippen LogP contribution in [0.5, 0.6) is 5.75 Å². The molecule has 1 aliphatic carbocycles. The molecule has 2 atom stereocenters. The minimum absolute atomic E-state index is 0.115. The van der Waals surface area contributed by atoms with Gasteiger partial charge >= 0.3 is 6.61 Å². The molecule has 1 N–H and O–H groups in total. The zero-order valence-electron chi connectivity index (χ0n) is 13.5. The Morgan fingerprint density at radius 1 is 1.30 bits per heavy atom. The summed E-state index contributed by atoms with van der Waals surface area (Å²) in [5, 5.41) is 7.83. The lowest BCUT2D eigenvalue weighted by Crippen LogP contribution is -2.27. The number of nitrogens with zero attached hydrogens (tertiary/aromatic N) is 2. The van der Waals surface area contributed by atoms with Crippen LogP contribution in [0.15, 0.2) is 30.5 Å². The fourth-order valence-electron chi connectivity index (χ4n) is 4.09. The molecule has 27 heavy (non-hydrogen) atoms. The predicted molar refractivity (Wildman–Crippen MR) is 89.9 cm³/mol. The van der Waals surface area contributed by atoms with Crippen molar-refractivity contribution in [2.75, 3.05) is 0 Å². The van der Waals surface area contributed by atoms with E-state index in [0.29, 0.717) is 22.7 Å². The van der Waals surface area contributed by atoms with Gasteiger partial charge in [0.1, 0.15) is 0 Å². The Balaban J connectivity index is 1.82. The second-order valence-electron chi connectivity index (χ2n) is 6.50. The number of carbonyl (C=O) groups excluding carboxylic acids is 1. The zero-order valence-corrected chi connectivity index (χ0v) is 14.3. The molecule has 0 saturated heterocycles. The highest BCUT2D eigenvalue weighted by molar-refractivity contribution is 6.30. The van der Waals surface area contributed by atoms with E-state index in [-0.39, 0.29) is 11.1 Å². The number of nitrogens with one attached hydrogen (secondary N) is 1. The predicted octanol–water partition coefficient (Wildman–Crippen LogP) is 4.05. The van der Waals surface area contributed by atoms with Crippen molar-refractivity contribution in [3.8, 4) is 5.75 Å². The molecule has 5 rings (SSSR count). The van der Waals surface area contributed by atoms with E-state index in [0.717, 1.165) is 11.6 Å². The van der Waals surface area contributed by atoms with Gasteiger partial charge in [-0.1, -0.05) is 11.6 Å². The van der Waals surface area contributed by atoms with Gasteiger partial charge in [-0.2, -0.15) is 13.9 Å². The van der Waals surface area contributed by atoms with Gasteiger partial charge in [-0.05, 0) is 30.7 Å². The van der Waals surface area contributed by atoms with Gasteiger partial charge in [-0.15, -0.1) is 0 Å². The molecule has 0 fully saturated rings. The van der Waals surface area contributed by atoms with Gasteiger partial charge in [-0.3, -0.25) is 4.79 Å². The summed E-state index contributed by atoms with van der Waals surface area (Å²) in [7, 11) is 0. The molecule has 2 bridgehead atoms. The van der Waals surface area contributed by atoms with Gasteiger partial charge in [0.15, 0.2) is 11.6 Å². The number of rotatable bonds is 2. The molecule has 0 spiro atoms. The van der Waals surface area contributed by atoms with Crippen molar-refractivity contribution in [2.45, 2.75) is 25.0 Å². The lowest BCUT2D eigenvalue weighted by atomic mass is 9.88. The molecule has 2 aromatic heterocycles. The van der Waals surface area contributed by atoms with Crippen LogP contribution in [0, 0.1) is 5.82 Å². The zero-order chi connectivity index (χ0) is 18.9. The van der Waals surface area contributed by atoms with Crippen molar-refractivity contribution in [1.82, 2.24) is 14.9 Å². The van der Waals surface area contributed by atoms with Crippen LogP contribution in [0.1, 0.15) is 45.6 Å². The molecule has 1 aliphatic heterocycles. The largest absolute Gasteiger partial charge is 0.431 e. The molecule has 0 unspecified atom stereocenters. The van der Waals surface area contributed by atoms with E-state index in [2.05, 4.69) is 15.2 Å². The third kappa shape index (κ3) is 2.32. The molecular formula is C18H11ClF3N3O2. The highest BCUT2D eigenvalue weighted by Gasteiger charge is 2.44. The minimum atomic E-state index is -3.22. The minimum Gasteiger partial charge on any atom is -0.431 e. The summed E-state index contributed by atoms with van der Waals surface area (Å²) in [5.74, 6) is -2.54. The Morgan fingerprint density at radius 3 is 2.89 bits per heavy atom. The maximum atomic E-state index is 14.4. The van der Waals surface area contributed by atoms with Gasteiger partial charge in [0.2, 0.25) is 0 Å². The van der Waals surface area contributed by atoms with Crippen molar-refractivity contribution >= 4 is 23.0 Å². The molecule has 2 aliphatic rings. The SMILES string of the molecule is O=C1N[C@H]2C[C@H](c3c1ccc(F)c3OC(F)F)c1c2nn2ccc(Cl)cc12. The van der Waals surface area contributed by atoms with Gasteiger partial charge < -0.3 is 10.1 Å². The van der Waals surface area contributed by atoms with Gasteiger partial charge in [0.25, 0.3) is 5.91 Å². The molecule has 1 amide bonds. The number of hydrogen-bond donors (Lipinski definition) is 1. The summed E-state index contributed by atoms with van der Waals surface area (Å²) in [6, 6.07) is 5.21. The Morgan fingerprint density at radius 2 is 2.11 bits per heavy atom. The van der Waals surface area contributed by atoms with E-state index in [1.54, 1.807) is 22.8 Å². The lowest BCUT2D eigenvalue weighted by molar-refractivity contribution is -0.0529. The molecule has 5 nitrogen and oxygen atoms in total. The van der Waals surface area contributed by atoms with E-state index < -0.39 is 36.0 Å². The number of alkyl halides is 2. The maximum Gasteiger partial charge on any atom is 0.387 e. The molecule has 3 aromatic rings. The van der Waals surface area contributed by atoms with Crippen LogP contribution in [0.3, 0.4) is 0 Å². The van der Waals surface area contributed by atoms with Crippen LogP contribution in [-0.2, 0) is 0 Å². The maximum absolute atomic E-state index is 14.4.